The lowest BCUT2D eigenvalue weighted by Crippen LogP contribution is -2.51. The molecule has 40 heavy (non-hydrogen) atoms. The first-order valence-electron chi connectivity index (χ1n) is 14.7. The number of hydrogen-bond donors (Lipinski definition) is 0. The lowest BCUT2D eigenvalue weighted by atomic mass is 10.0. The fourth-order valence-electron chi connectivity index (χ4n) is 4.74. The maximum absolute atomic E-state index is 12.2. The van der Waals surface area contributed by atoms with Gasteiger partial charge < -0.3 is 17.7 Å². The summed E-state index contributed by atoms with van der Waals surface area (Å²) in [5.41, 5.74) is 2.12. The highest BCUT2D eigenvalue weighted by Gasteiger charge is 2.37. The van der Waals surface area contributed by atoms with Crippen LogP contribution in [0.15, 0.2) is 48.5 Å². The Morgan fingerprint density at radius 2 is 1.30 bits per heavy atom. The molecule has 0 amide bonds. The maximum atomic E-state index is 12.2. The van der Waals surface area contributed by atoms with Gasteiger partial charge in [-0.1, -0.05) is 63.8 Å². The fraction of sp³-hybridized carbons (Fsp3) is 0.581. The molecule has 0 aliphatic carbocycles. The molecule has 2 aromatic carbocycles. The molecule has 2 rings (SSSR count). The van der Waals surface area contributed by atoms with Crippen LogP contribution in [-0.4, -0.2) is 43.1 Å². The number of ether oxygens (including phenoxy) is 2. The van der Waals surface area contributed by atoms with E-state index in [2.05, 4.69) is 58.0 Å². The van der Waals surface area contributed by atoms with Gasteiger partial charge in [-0.3, -0.25) is 4.79 Å². The molecule has 2 unspecified atom stereocenters. The zero-order valence-electron chi connectivity index (χ0n) is 26.1. The first-order valence-corrected chi connectivity index (χ1v) is 24.5. The van der Waals surface area contributed by atoms with Gasteiger partial charge in [0.1, 0.15) is 16.9 Å². The minimum Gasteiger partial charge on any atom is -0.494 e. The van der Waals surface area contributed by atoms with Gasteiger partial charge in [0, 0.05) is 0 Å². The van der Waals surface area contributed by atoms with Crippen LogP contribution in [0.5, 0.6) is 11.5 Å². The highest BCUT2D eigenvalue weighted by atomic mass is 35.5. The van der Waals surface area contributed by atoms with E-state index in [1.54, 1.807) is 12.1 Å². The van der Waals surface area contributed by atoms with Crippen LogP contribution in [0.1, 0.15) is 46.0 Å². The van der Waals surface area contributed by atoms with Crippen molar-refractivity contribution in [2.24, 2.45) is 5.92 Å². The summed E-state index contributed by atoms with van der Waals surface area (Å²) in [4.78, 5) is 12.2. The molecule has 0 aromatic heterocycles. The molecule has 0 bridgehead atoms. The molecule has 0 fully saturated rings. The van der Waals surface area contributed by atoms with Gasteiger partial charge in [0.15, 0.2) is 16.6 Å². The van der Waals surface area contributed by atoms with Crippen molar-refractivity contribution in [1.82, 2.24) is 0 Å². The zero-order chi connectivity index (χ0) is 30.0. The Hall–Kier alpha value is -1.43. The molecule has 0 heterocycles. The summed E-state index contributed by atoms with van der Waals surface area (Å²) in [6, 6.07) is 16.8. The van der Waals surface area contributed by atoms with Crippen molar-refractivity contribution in [2.45, 2.75) is 103 Å². The normalized spacial score (nSPS) is 14.1. The van der Waals surface area contributed by atoms with Gasteiger partial charge >= 0.3 is 14.5 Å². The summed E-state index contributed by atoms with van der Waals surface area (Å²) in [6.07, 6.45) is 5.44. The lowest BCUT2D eigenvalue weighted by molar-refractivity contribution is -0.134. The predicted molar refractivity (Wildman–Crippen MR) is 176 cm³/mol. The summed E-state index contributed by atoms with van der Waals surface area (Å²) in [5.74, 6) is 1.05. The van der Waals surface area contributed by atoms with Crippen molar-refractivity contribution in [3.8, 4) is 22.6 Å². The molecular weight excluding hydrogens is 572 g/mol. The standard InChI is InChI=1S/C31H51ClO5Si3/c1-10-25(2)30(32)31(33)35-29-21-17-27(18-22-29)26-15-19-28(20-16-26)34-23-13-11-12-14-24-39(6,7)37-40(8,9)36-38(3,4)5/h15-22,25,30H,10-14,23-24H2,1-9H3. The van der Waals surface area contributed by atoms with Crippen LogP contribution in [0.2, 0.25) is 51.9 Å². The third kappa shape index (κ3) is 13.0. The van der Waals surface area contributed by atoms with Crippen LogP contribution in [0.4, 0.5) is 0 Å². The van der Waals surface area contributed by atoms with E-state index >= 15 is 0 Å². The lowest BCUT2D eigenvalue weighted by Gasteiger charge is -2.37. The zero-order valence-corrected chi connectivity index (χ0v) is 29.9. The number of alkyl halides is 1. The molecule has 5 nitrogen and oxygen atoms in total. The Morgan fingerprint density at radius 3 is 1.82 bits per heavy atom. The van der Waals surface area contributed by atoms with E-state index in [0.29, 0.717) is 5.75 Å². The van der Waals surface area contributed by atoms with Gasteiger partial charge in [0.05, 0.1) is 6.61 Å². The molecule has 0 aliphatic heterocycles. The molecule has 0 N–H and O–H groups in total. The smallest absolute Gasteiger partial charge is 0.329 e. The number of esters is 1. The minimum atomic E-state index is -2.05. The first kappa shape index (κ1) is 34.8. The molecular formula is C31H51ClO5Si3. The molecule has 0 spiro atoms. The van der Waals surface area contributed by atoms with Gasteiger partial charge in [-0.15, -0.1) is 11.6 Å². The summed E-state index contributed by atoms with van der Waals surface area (Å²) < 4.78 is 24.4. The van der Waals surface area contributed by atoms with Crippen molar-refractivity contribution >= 4 is 42.8 Å². The average molecular weight is 623 g/mol. The van der Waals surface area contributed by atoms with Gasteiger partial charge in [-0.2, -0.15) is 0 Å². The molecule has 9 heteroatoms. The van der Waals surface area contributed by atoms with Gasteiger partial charge in [0.2, 0.25) is 0 Å². The summed E-state index contributed by atoms with van der Waals surface area (Å²) in [6.45, 7) is 20.4. The van der Waals surface area contributed by atoms with E-state index in [-0.39, 0.29) is 5.92 Å². The van der Waals surface area contributed by atoms with Crippen molar-refractivity contribution in [1.29, 1.82) is 0 Å². The minimum absolute atomic E-state index is 0.0717. The number of hydrogen-bond acceptors (Lipinski definition) is 5. The molecule has 2 aromatic rings. The Balaban J connectivity index is 1.70. The predicted octanol–water partition coefficient (Wildman–Crippen LogP) is 9.63. The van der Waals surface area contributed by atoms with E-state index in [1.165, 1.54) is 18.9 Å². The third-order valence-corrected chi connectivity index (χ3v) is 17.4. The Morgan fingerprint density at radius 1 is 0.775 bits per heavy atom. The average Bonchev–Trinajstić information content (AvgIpc) is 2.85. The molecule has 0 aliphatic rings. The number of benzene rings is 2. The maximum Gasteiger partial charge on any atom is 0.329 e. The summed E-state index contributed by atoms with van der Waals surface area (Å²) in [5, 5.41) is -0.639. The van der Waals surface area contributed by atoms with E-state index in [9.17, 15) is 4.79 Å². The summed E-state index contributed by atoms with van der Waals surface area (Å²) >= 11 is 6.20. The van der Waals surface area contributed by atoms with E-state index < -0.39 is 36.5 Å². The summed E-state index contributed by atoms with van der Waals surface area (Å²) in [7, 11) is -5.35. The second kappa shape index (κ2) is 15.7. The quantitative estimate of drug-likeness (QED) is 0.0578. The number of carbonyl (C=O) groups is 1. The number of halogens is 1. The third-order valence-electron chi connectivity index (χ3n) is 6.65. The van der Waals surface area contributed by atoms with Crippen LogP contribution >= 0.6 is 11.6 Å². The van der Waals surface area contributed by atoms with Crippen LogP contribution in [0.3, 0.4) is 0 Å². The Bertz CT molecular complexity index is 1040. The van der Waals surface area contributed by atoms with E-state index in [4.69, 9.17) is 29.3 Å². The fourth-order valence-corrected chi connectivity index (χ4v) is 18.2. The Kier molecular flexibility index (Phi) is 13.6. The van der Waals surface area contributed by atoms with Crippen LogP contribution in [0.25, 0.3) is 11.1 Å². The van der Waals surface area contributed by atoms with Crippen molar-refractivity contribution < 1.29 is 22.5 Å². The molecule has 0 radical (unpaired) electrons. The van der Waals surface area contributed by atoms with Crippen molar-refractivity contribution in [3.05, 3.63) is 48.5 Å². The molecule has 2 atom stereocenters. The highest BCUT2D eigenvalue weighted by molar-refractivity contribution is 6.87. The monoisotopic (exact) mass is 622 g/mol. The topological polar surface area (TPSA) is 54.0 Å². The number of unbranched alkanes of at least 4 members (excludes halogenated alkanes) is 3. The van der Waals surface area contributed by atoms with E-state index in [1.807, 2.05) is 38.1 Å². The first-order chi connectivity index (χ1) is 18.6. The van der Waals surface area contributed by atoms with Crippen molar-refractivity contribution in [3.63, 3.8) is 0 Å². The van der Waals surface area contributed by atoms with Gasteiger partial charge in [-0.05, 0) is 99.6 Å². The number of rotatable bonds is 17. The van der Waals surface area contributed by atoms with Gasteiger partial charge in [-0.25, -0.2) is 0 Å². The van der Waals surface area contributed by atoms with Crippen molar-refractivity contribution in [2.75, 3.05) is 6.61 Å². The second-order valence-corrected chi connectivity index (χ2v) is 25.9. The van der Waals surface area contributed by atoms with Crippen LogP contribution in [0, 0.1) is 5.92 Å². The van der Waals surface area contributed by atoms with Gasteiger partial charge in [0.25, 0.3) is 0 Å². The second-order valence-electron chi connectivity index (χ2n) is 12.7. The highest BCUT2D eigenvalue weighted by Crippen LogP contribution is 2.27. The largest absolute Gasteiger partial charge is 0.494 e. The molecule has 0 saturated carbocycles. The molecule has 0 saturated heterocycles. The van der Waals surface area contributed by atoms with Crippen LogP contribution < -0.4 is 9.47 Å². The number of carbonyl (C=O) groups excluding carboxylic acids is 1. The Labute approximate surface area is 251 Å². The van der Waals surface area contributed by atoms with Crippen LogP contribution in [-0.2, 0) is 13.0 Å². The van der Waals surface area contributed by atoms with E-state index in [0.717, 1.165) is 42.7 Å². The SMILES string of the molecule is CCC(C)C(Cl)C(=O)Oc1ccc(-c2ccc(OCCCCCC[Si](C)(C)O[Si](C)(C)O[Si](C)(C)C)cc2)cc1. The molecule has 224 valence electrons.